The number of alkyl halides is 3. The molecule has 0 aliphatic carbocycles. The van der Waals surface area contributed by atoms with Crippen LogP contribution in [0.3, 0.4) is 0 Å². The molecule has 0 radical (unpaired) electrons. The molecule has 3 heterocycles. The largest absolute Gasteiger partial charge is 0.444 e. The summed E-state index contributed by atoms with van der Waals surface area (Å²) in [6, 6.07) is 9.05. The number of pyridine rings is 1. The van der Waals surface area contributed by atoms with E-state index in [1.807, 2.05) is 0 Å². The number of para-hydroxylation sites is 2. The highest BCUT2D eigenvalue weighted by molar-refractivity contribution is 5.75. The summed E-state index contributed by atoms with van der Waals surface area (Å²) in [7, 11) is 0. The first-order chi connectivity index (χ1) is 16.4. The number of rotatable bonds is 3. The molecule has 3 aromatic rings. The maximum atomic E-state index is 13.6. The van der Waals surface area contributed by atoms with E-state index >= 15 is 0 Å². The highest BCUT2D eigenvalue weighted by atomic mass is 19.4. The Balaban J connectivity index is 1.67. The van der Waals surface area contributed by atoms with Crippen LogP contribution in [0.2, 0.25) is 0 Å². The number of fused-ring (bicyclic) bond motifs is 1. The number of carbonyl (C=O) groups excluding carboxylic acids is 1. The number of likely N-dealkylation sites (tertiary alicyclic amines) is 1. The maximum absolute atomic E-state index is 13.6. The normalized spacial score (nSPS) is 15.4. The van der Waals surface area contributed by atoms with Crippen molar-refractivity contribution in [2.75, 3.05) is 13.1 Å². The van der Waals surface area contributed by atoms with Gasteiger partial charge in [0.25, 0.3) is 5.56 Å². The van der Waals surface area contributed by atoms with E-state index in [9.17, 15) is 22.8 Å². The lowest BCUT2D eigenvalue weighted by molar-refractivity contribution is -0.138. The quantitative estimate of drug-likeness (QED) is 0.520. The van der Waals surface area contributed by atoms with Crippen molar-refractivity contribution in [3.8, 4) is 0 Å². The monoisotopic (exact) mass is 488 g/mol. The lowest BCUT2D eigenvalue weighted by Crippen LogP contribution is -2.42. The molecule has 4 rings (SSSR count). The van der Waals surface area contributed by atoms with Gasteiger partial charge in [0.05, 0.1) is 28.8 Å². The number of hydrogen-bond acceptors (Lipinski definition) is 5. The van der Waals surface area contributed by atoms with Gasteiger partial charge in [-0.2, -0.15) is 13.2 Å². The van der Waals surface area contributed by atoms with E-state index in [2.05, 4.69) is 9.97 Å². The third-order valence-electron chi connectivity index (χ3n) is 5.91. The fraction of sp³-hybridized carbons (Fsp3) is 0.440. The molecule has 35 heavy (non-hydrogen) atoms. The van der Waals surface area contributed by atoms with Crippen LogP contribution in [0.4, 0.5) is 18.0 Å². The topological polar surface area (TPSA) is 77.3 Å². The zero-order valence-corrected chi connectivity index (χ0v) is 19.8. The van der Waals surface area contributed by atoms with Gasteiger partial charge in [-0.05, 0) is 57.9 Å². The Hall–Kier alpha value is -3.43. The summed E-state index contributed by atoms with van der Waals surface area (Å²) in [5.41, 5.74) is -0.922. The second-order valence-corrected chi connectivity index (χ2v) is 9.61. The molecule has 1 amide bonds. The number of piperidine rings is 1. The first kappa shape index (κ1) is 24.7. The molecule has 1 aliphatic rings. The average Bonchev–Trinajstić information content (AvgIpc) is 2.79. The van der Waals surface area contributed by atoms with Gasteiger partial charge >= 0.3 is 12.3 Å². The molecule has 0 bridgehead atoms. The number of ether oxygens (including phenoxy) is 1. The van der Waals surface area contributed by atoms with Crippen LogP contribution in [-0.2, 0) is 17.5 Å². The Morgan fingerprint density at radius 1 is 1.09 bits per heavy atom. The summed E-state index contributed by atoms with van der Waals surface area (Å²) >= 11 is 0. The van der Waals surface area contributed by atoms with Crippen molar-refractivity contribution in [1.82, 2.24) is 19.4 Å². The smallest absolute Gasteiger partial charge is 0.418 e. The SMILES string of the molecule is CC(C)(C)OC(=O)N1CCC(c2nc3ccccc3n(Cc3ncccc3C(F)(F)F)c2=O)CC1. The van der Waals surface area contributed by atoms with Gasteiger partial charge in [0, 0.05) is 25.2 Å². The molecule has 0 saturated carbocycles. The van der Waals surface area contributed by atoms with Crippen LogP contribution in [0.15, 0.2) is 47.4 Å². The van der Waals surface area contributed by atoms with Crippen molar-refractivity contribution in [2.24, 2.45) is 0 Å². The van der Waals surface area contributed by atoms with Gasteiger partial charge < -0.3 is 9.64 Å². The third kappa shape index (κ3) is 5.47. The van der Waals surface area contributed by atoms with Crippen LogP contribution in [0, 0.1) is 0 Å². The number of halogens is 3. The Morgan fingerprint density at radius 2 is 1.77 bits per heavy atom. The summed E-state index contributed by atoms with van der Waals surface area (Å²) in [4.78, 5) is 36.1. The standard InChI is InChI=1S/C25H27F3N4O3/c1-24(2,3)35-23(34)31-13-10-16(11-14-31)21-22(33)32(20-9-5-4-8-18(20)30-21)15-19-17(25(26,27)28)7-6-12-29-19/h4-9,12,16H,10-11,13-15H2,1-3H3. The van der Waals surface area contributed by atoms with Gasteiger partial charge in [0.15, 0.2) is 0 Å². The summed E-state index contributed by atoms with van der Waals surface area (Å²) < 4.78 is 47.4. The van der Waals surface area contributed by atoms with Gasteiger partial charge in [-0.1, -0.05) is 12.1 Å². The van der Waals surface area contributed by atoms with Crippen LogP contribution < -0.4 is 5.56 Å². The Bertz CT molecular complexity index is 1290. The van der Waals surface area contributed by atoms with Crippen molar-refractivity contribution in [2.45, 2.75) is 57.9 Å². The number of hydrogen-bond donors (Lipinski definition) is 0. The maximum Gasteiger partial charge on any atom is 0.418 e. The Kier molecular flexibility index (Phi) is 6.57. The van der Waals surface area contributed by atoms with Crippen molar-refractivity contribution >= 4 is 17.1 Å². The number of carbonyl (C=O) groups is 1. The zero-order valence-electron chi connectivity index (χ0n) is 19.8. The molecule has 7 nitrogen and oxygen atoms in total. The summed E-state index contributed by atoms with van der Waals surface area (Å²) in [6.45, 7) is 5.85. The molecule has 1 saturated heterocycles. The molecular formula is C25H27F3N4O3. The van der Waals surface area contributed by atoms with E-state index < -0.39 is 29.0 Å². The highest BCUT2D eigenvalue weighted by Gasteiger charge is 2.34. The molecule has 0 atom stereocenters. The molecule has 2 aromatic heterocycles. The predicted molar refractivity (Wildman–Crippen MR) is 124 cm³/mol. The van der Waals surface area contributed by atoms with Crippen LogP contribution in [0.1, 0.15) is 56.5 Å². The first-order valence-electron chi connectivity index (χ1n) is 11.4. The number of aromatic nitrogens is 3. The minimum atomic E-state index is -4.59. The Morgan fingerprint density at radius 3 is 2.43 bits per heavy atom. The van der Waals surface area contributed by atoms with Crippen LogP contribution in [-0.4, -0.2) is 44.2 Å². The van der Waals surface area contributed by atoms with Crippen LogP contribution in [0.5, 0.6) is 0 Å². The van der Waals surface area contributed by atoms with E-state index in [0.717, 1.165) is 6.07 Å². The van der Waals surface area contributed by atoms with E-state index in [4.69, 9.17) is 4.74 Å². The van der Waals surface area contributed by atoms with Crippen molar-refractivity contribution in [3.63, 3.8) is 0 Å². The minimum Gasteiger partial charge on any atom is -0.444 e. The second-order valence-electron chi connectivity index (χ2n) is 9.61. The lowest BCUT2D eigenvalue weighted by Gasteiger charge is -2.33. The molecular weight excluding hydrogens is 461 g/mol. The van der Waals surface area contributed by atoms with E-state index in [1.165, 1.54) is 16.8 Å². The zero-order chi connectivity index (χ0) is 25.4. The molecule has 0 unspecified atom stereocenters. The van der Waals surface area contributed by atoms with E-state index in [1.54, 1.807) is 49.9 Å². The van der Waals surface area contributed by atoms with Crippen LogP contribution in [0.25, 0.3) is 11.0 Å². The molecule has 1 aliphatic heterocycles. The van der Waals surface area contributed by atoms with Crippen LogP contribution >= 0.6 is 0 Å². The highest BCUT2D eigenvalue weighted by Crippen LogP contribution is 2.32. The fourth-order valence-electron chi connectivity index (χ4n) is 4.27. The number of benzene rings is 1. The van der Waals surface area contributed by atoms with E-state index in [-0.39, 0.29) is 23.9 Å². The third-order valence-corrected chi connectivity index (χ3v) is 5.91. The second kappa shape index (κ2) is 9.31. The molecule has 1 fully saturated rings. The summed E-state index contributed by atoms with van der Waals surface area (Å²) in [5, 5.41) is 0. The molecule has 0 spiro atoms. The molecule has 186 valence electrons. The van der Waals surface area contributed by atoms with Gasteiger partial charge in [0.2, 0.25) is 0 Å². The summed E-state index contributed by atoms with van der Waals surface area (Å²) in [5.74, 6) is -0.233. The fourth-order valence-corrected chi connectivity index (χ4v) is 4.27. The Labute approximate surface area is 200 Å². The van der Waals surface area contributed by atoms with E-state index in [0.29, 0.717) is 37.0 Å². The predicted octanol–water partition coefficient (Wildman–Crippen LogP) is 4.97. The van der Waals surface area contributed by atoms with Gasteiger partial charge in [-0.15, -0.1) is 0 Å². The number of nitrogens with zero attached hydrogens (tertiary/aromatic N) is 4. The average molecular weight is 489 g/mol. The van der Waals surface area contributed by atoms with Crippen molar-refractivity contribution in [1.29, 1.82) is 0 Å². The minimum absolute atomic E-state index is 0.232. The van der Waals surface area contributed by atoms with Crippen molar-refractivity contribution in [3.05, 3.63) is 69.9 Å². The van der Waals surface area contributed by atoms with Gasteiger partial charge in [0.1, 0.15) is 11.3 Å². The van der Waals surface area contributed by atoms with Gasteiger partial charge in [-0.25, -0.2) is 9.78 Å². The van der Waals surface area contributed by atoms with Gasteiger partial charge in [-0.3, -0.25) is 14.3 Å². The first-order valence-corrected chi connectivity index (χ1v) is 11.4. The molecule has 0 N–H and O–H groups in total. The summed E-state index contributed by atoms with van der Waals surface area (Å²) in [6.07, 6.45) is -2.72. The molecule has 1 aromatic carbocycles. The molecule has 10 heteroatoms. The van der Waals surface area contributed by atoms with Crippen molar-refractivity contribution < 1.29 is 22.7 Å². The number of amides is 1. The lowest BCUT2D eigenvalue weighted by atomic mass is 9.93.